The molecule has 134 valence electrons. The Labute approximate surface area is 142 Å². The summed E-state index contributed by atoms with van der Waals surface area (Å²) >= 11 is 0. The number of carbonyl (C=O) groups is 3. The van der Waals surface area contributed by atoms with Crippen LogP contribution in [0, 0.1) is 17.6 Å². The minimum atomic E-state index is -1.01. The molecule has 0 aromatic heterocycles. The van der Waals surface area contributed by atoms with Crippen LogP contribution in [0.1, 0.15) is 37.2 Å². The predicted molar refractivity (Wildman–Crippen MR) is 84.1 cm³/mol. The van der Waals surface area contributed by atoms with Crippen molar-refractivity contribution in [2.75, 3.05) is 18.0 Å². The van der Waals surface area contributed by atoms with Gasteiger partial charge in [-0.25, -0.2) is 8.78 Å². The zero-order valence-electron chi connectivity index (χ0n) is 13.4. The molecule has 25 heavy (non-hydrogen) atoms. The summed E-state index contributed by atoms with van der Waals surface area (Å²) in [5.41, 5.74) is 0.0642. The molecule has 2 fully saturated rings. The molecule has 6 nitrogen and oxygen atoms in total. The van der Waals surface area contributed by atoms with E-state index in [4.69, 9.17) is 5.11 Å². The maximum absolute atomic E-state index is 14.4. The van der Waals surface area contributed by atoms with Gasteiger partial charge in [0, 0.05) is 37.2 Å². The lowest BCUT2D eigenvalue weighted by molar-refractivity contribution is -0.137. The molecule has 0 bridgehead atoms. The average Bonchev–Trinajstić information content (AvgIpc) is 2.46. The largest absolute Gasteiger partial charge is 0.481 e. The van der Waals surface area contributed by atoms with E-state index in [-0.39, 0.29) is 30.7 Å². The molecule has 8 heteroatoms. The van der Waals surface area contributed by atoms with Crippen molar-refractivity contribution in [2.45, 2.75) is 31.6 Å². The third-order valence-electron chi connectivity index (χ3n) is 4.74. The normalized spacial score (nSPS) is 21.0. The first-order valence-electron chi connectivity index (χ1n) is 8.14. The number of halogens is 2. The van der Waals surface area contributed by atoms with Crippen LogP contribution in [0.3, 0.4) is 0 Å². The maximum Gasteiger partial charge on any atom is 0.303 e. The molecular formula is C17H18F2N2O4. The topological polar surface area (TPSA) is 86.7 Å². The number of nitrogens with zero attached hydrogens (tertiary/aromatic N) is 1. The van der Waals surface area contributed by atoms with Crippen LogP contribution < -0.4 is 10.2 Å². The highest BCUT2D eigenvalue weighted by Crippen LogP contribution is 2.34. The number of carboxylic acids is 1. The number of amides is 2. The molecule has 3 rings (SSSR count). The summed E-state index contributed by atoms with van der Waals surface area (Å²) in [5, 5.41) is 10.8. The summed E-state index contributed by atoms with van der Waals surface area (Å²) in [7, 11) is 0. The summed E-state index contributed by atoms with van der Waals surface area (Å²) in [4.78, 5) is 35.3. The number of hydrogen-bond donors (Lipinski definition) is 2. The van der Waals surface area contributed by atoms with Gasteiger partial charge in [-0.15, -0.1) is 0 Å². The van der Waals surface area contributed by atoms with Gasteiger partial charge in [-0.2, -0.15) is 0 Å². The number of benzene rings is 1. The van der Waals surface area contributed by atoms with Crippen molar-refractivity contribution < 1.29 is 28.3 Å². The van der Waals surface area contributed by atoms with Gasteiger partial charge in [-0.1, -0.05) is 0 Å². The second-order valence-electron chi connectivity index (χ2n) is 6.53. The van der Waals surface area contributed by atoms with Crippen molar-refractivity contribution in [3.63, 3.8) is 0 Å². The first-order valence-corrected chi connectivity index (χ1v) is 8.14. The van der Waals surface area contributed by atoms with E-state index in [1.54, 1.807) is 4.90 Å². The van der Waals surface area contributed by atoms with E-state index in [9.17, 15) is 23.2 Å². The van der Waals surface area contributed by atoms with Crippen LogP contribution in [0.15, 0.2) is 12.1 Å². The number of imide groups is 1. The van der Waals surface area contributed by atoms with Crippen molar-refractivity contribution in [2.24, 2.45) is 5.92 Å². The Kier molecular flexibility index (Phi) is 4.69. The molecule has 0 unspecified atom stereocenters. The molecule has 1 aromatic rings. The number of piperidine rings is 1. The van der Waals surface area contributed by atoms with Gasteiger partial charge in [0.2, 0.25) is 11.8 Å². The van der Waals surface area contributed by atoms with Crippen LogP contribution >= 0.6 is 0 Å². The summed E-state index contributed by atoms with van der Waals surface area (Å²) in [6.45, 7) is 1.09. The molecule has 2 saturated heterocycles. The van der Waals surface area contributed by atoms with E-state index in [0.29, 0.717) is 25.2 Å². The summed E-state index contributed by atoms with van der Waals surface area (Å²) in [5.74, 6) is -4.41. The Morgan fingerprint density at radius 1 is 1.24 bits per heavy atom. The van der Waals surface area contributed by atoms with Crippen LogP contribution in [0.4, 0.5) is 14.5 Å². The smallest absolute Gasteiger partial charge is 0.303 e. The van der Waals surface area contributed by atoms with E-state index >= 15 is 0 Å². The fourth-order valence-corrected chi connectivity index (χ4v) is 3.35. The second-order valence-corrected chi connectivity index (χ2v) is 6.53. The predicted octanol–water partition coefficient (Wildman–Crippen LogP) is 1.79. The standard InChI is InChI=1S/C17H18F2N2O4/c18-12-5-10(21-7-9(8-21)1-4-15(23)24)6-13(19)16(12)11-2-3-14(22)20-17(11)25/h5-6,9,11H,1-4,7-8H2,(H,23,24)(H,20,22,25)/t11-/m1/s1. The van der Waals surface area contributed by atoms with E-state index < -0.39 is 35.3 Å². The van der Waals surface area contributed by atoms with Gasteiger partial charge in [0.15, 0.2) is 0 Å². The first kappa shape index (κ1) is 17.3. The van der Waals surface area contributed by atoms with Gasteiger partial charge in [-0.05, 0) is 30.9 Å². The molecular weight excluding hydrogens is 334 g/mol. The van der Waals surface area contributed by atoms with Crippen molar-refractivity contribution in [3.8, 4) is 0 Å². The fourth-order valence-electron chi connectivity index (χ4n) is 3.35. The lowest BCUT2D eigenvalue weighted by Gasteiger charge is -2.41. The molecule has 1 atom stereocenters. The zero-order valence-corrected chi connectivity index (χ0v) is 13.4. The van der Waals surface area contributed by atoms with Gasteiger partial charge < -0.3 is 10.0 Å². The van der Waals surface area contributed by atoms with Crippen molar-refractivity contribution in [1.29, 1.82) is 0 Å². The van der Waals surface area contributed by atoms with E-state index in [1.165, 1.54) is 12.1 Å². The molecule has 0 aliphatic carbocycles. The Hall–Kier alpha value is -2.51. The Balaban J connectivity index is 1.70. The number of aliphatic carboxylic acids is 1. The van der Waals surface area contributed by atoms with E-state index in [0.717, 1.165) is 0 Å². The maximum atomic E-state index is 14.4. The van der Waals surface area contributed by atoms with Crippen LogP contribution in [0.25, 0.3) is 0 Å². The Morgan fingerprint density at radius 3 is 2.44 bits per heavy atom. The number of nitrogens with one attached hydrogen (secondary N) is 1. The van der Waals surface area contributed by atoms with Gasteiger partial charge in [0.25, 0.3) is 0 Å². The van der Waals surface area contributed by atoms with Crippen molar-refractivity contribution >= 4 is 23.5 Å². The van der Waals surface area contributed by atoms with Crippen LogP contribution in [-0.4, -0.2) is 36.0 Å². The monoisotopic (exact) mass is 352 g/mol. The molecule has 1 aromatic carbocycles. The second kappa shape index (κ2) is 6.78. The SMILES string of the molecule is O=C(O)CCC1CN(c2cc(F)c([C@H]3CCC(=O)NC3=O)c(F)c2)C1. The van der Waals surface area contributed by atoms with Gasteiger partial charge in [0.05, 0.1) is 5.92 Å². The third-order valence-corrected chi connectivity index (χ3v) is 4.74. The molecule has 0 spiro atoms. The van der Waals surface area contributed by atoms with Crippen LogP contribution in [0.5, 0.6) is 0 Å². The number of carboxylic acid groups (broad SMARTS) is 1. The van der Waals surface area contributed by atoms with Gasteiger partial charge in [0.1, 0.15) is 11.6 Å². The molecule has 2 amide bonds. The van der Waals surface area contributed by atoms with Gasteiger partial charge in [-0.3, -0.25) is 19.7 Å². The highest BCUT2D eigenvalue weighted by Gasteiger charge is 2.34. The van der Waals surface area contributed by atoms with Crippen LogP contribution in [0.2, 0.25) is 0 Å². The van der Waals surface area contributed by atoms with E-state index in [2.05, 4.69) is 5.32 Å². The number of carbonyl (C=O) groups excluding carboxylic acids is 2. The summed E-state index contributed by atoms with van der Waals surface area (Å²) in [6.07, 6.45) is 0.744. The Morgan fingerprint density at radius 2 is 1.88 bits per heavy atom. The highest BCUT2D eigenvalue weighted by molar-refractivity contribution is 6.01. The first-order chi connectivity index (χ1) is 11.8. The quantitative estimate of drug-likeness (QED) is 0.789. The number of rotatable bonds is 5. The highest BCUT2D eigenvalue weighted by atomic mass is 19.1. The lowest BCUT2D eigenvalue weighted by atomic mass is 9.88. The third kappa shape index (κ3) is 3.62. The average molecular weight is 352 g/mol. The molecule has 2 heterocycles. The van der Waals surface area contributed by atoms with Crippen molar-refractivity contribution in [3.05, 3.63) is 29.3 Å². The van der Waals surface area contributed by atoms with Gasteiger partial charge >= 0.3 is 5.97 Å². The zero-order chi connectivity index (χ0) is 18.1. The summed E-state index contributed by atoms with van der Waals surface area (Å²) in [6, 6.07) is 2.38. The molecule has 2 N–H and O–H groups in total. The minimum Gasteiger partial charge on any atom is -0.481 e. The fraction of sp³-hybridized carbons (Fsp3) is 0.471. The van der Waals surface area contributed by atoms with E-state index in [1.807, 2.05) is 0 Å². The molecule has 0 saturated carbocycles. The molecule has 0 radical (unpaired) electrons. The number of hydrogen-bond acceptors (Lipinski definition) is 4. The molecule has 2 aliphatic heterocycles. The molecule has 2 aliphatic rings. The van der Waals surface area contributed by atoms with Crippen molar-refractivity contribution in [1.82, 2.24) is 5.32 Å². The van der Waals surface area contributed by atoms with Crippen LogP contribution in [-0.2, 0) is 14.4 Å². The number of anilines is 1. The minimum absolute atomic E-state index is 0.0500. The Bertz CT molecular complexity index is 708. The summed E-state index contributed by atoms with van der Waals surface area (Å²) < 4.78 is 28.9. The lowest BCUT2D eigenvalue weighted by Crippen LogP contribution is -2.47.